The number of ether oxygens (including phenoxy) is 7. The van der Waals surface area contributed by atoms with Gasteiger partial charge in [0, 0.05) is 29.3 Å². The molecule has 2 saturated heterocycles. The normalized spacial score (nSPS) is 22.5. The van der Waals surface area contributed by atoms with Crippen LogP contribution < -0.4 is 9.47 Å². The molecule has 2 aromatic carbocycles. The molecule has 2 heterocycles. The van der Waals surface area contributed by atoms with Crippen LogP contribution in [0.4, 0.5) is 0 Å². The summed E-state index contributed by atoms with van der Waals surface area (Å²) in [5.74, 6) is 0.659. The Labute approximate surface area is 441 Å². The van der Waals surface area contributed by atoms with Gasteiger partial charge in [0.2, 0.25) is 0 Å². The van der Waals surface area contributed by atoms with Gasteiger partial charge in [0.15, 0.2) is 28.2 Å². The second-order valence-electron chi connectivity index (χ2n) is 23.9. The van der Waals surface area contributed by atoms with Gasteiger partial charge in [-0.05, 0) is 131 Å². The van der Waals surface area contributed by atoms with E-state index in [1.54, 1.807) is 14.2 Å². The largest absolute Gasteiger partial charge is 0.497 e. The van der Waals surface area contributed by atoms with Crippen LogP contribution in [0.2, 0.25) is 36.3 Å². The molecule has 0 unspecified atom stereocenters. The Morgan fingerprint density at radius 3 is 1.89 bits per heavy atom. The molecule has 0 radical (unpaired) electrons. The van der Waals surface area contributed by atoms with Crippen molar-refractivity contribution in [3.8, 4) is 11.5 Å². The van der Waals surface area contributed by atoms with Gasteiger partial charge < -0.3 is 42.0 Å². The minimum atomic E-state index is -2.19. The minimum absolute atomic E-state index is 0.0140. The second kappa shape index (κ2) is 27.0. The average molecular weight is 1090 g/mol. The Kier molecular flexibility index (Phi) is 23.4. The van der Waals surface area contributed by atoms with Crippen molar-refractivity contribution in [1.82, 2.24) is 0 Å². The summed E-state index contributed by atoms with van der Waals surface area (Å²) in [7, 11) is -0.985. The van der Waals surface area contributed by atoms with E-state index in [1.165, 1.54) is 0 Å². The molecule has 0 N–H and O–H groups in total. The Bertz CT molecular complexity index is 1970. The lowest BCUT2D eigenvalue weighted by Crippen LogP contribution is -2.52. The summed E-state index contributed by atoms with van der Waals surface area (Å²) in [6, 6.07) is 16.1. The fraction of sp³-hybridized carbons (Fsp3) is 0.707. The number of carbonyl (C=O) groups excluding carboxylic acids is 1. The van der Waals surface area contributed by atoms with E-state index in [0.29, 0.717) is 38.9 Å². The summed E-state index contributed by atoms with van der Waals surface area (Å²) in [5.41, 5.74) is 3.23. The van der Waals surface area contributed by atoms with Crippen LogP contribution in [0.3, 0.4) is 0 Å². The summed E-state index contributed by atoms with van der Waals surface area (Å²) in [6.45, 7) is 38.3. The number of carbonyl (C=O) groups is 1. The van der Waals surface area contributed by atoms with E-state index in [0.717, 1.165) is 71.2 Å². The number of hydrogen-bond donors (Lipinski definition) is 0. The zero-order valence-corrected chi connectivity index (χ0v) is 50.6. The summed E-state index contributed by atoms with van der Waals surface area (Å²) in [5, 5.41) is 0.0431. The van der Waals surface area contributed by atoms with E-state index in [9.17, 15) is 4.79 Å². The average Bonchev–Trinajstić information content (AvgIpc) is 3.75. The summed E-state index contributed by atoms with van der Waals surface area (Å²) in [4.78, 5) is 14.5. The van der Waals surface area contributed by atoms with Gasteiger partial charge >= 0.3 is 0 Å². The molecule has 2 aromatic rings. The molecule has 13 heteroatoms. The summed E-state index contributed by atoms with van der Waals surface area (Å²) in [6.07, 6.45) is 8.58. The molecule has 0 aromatic heterocycles. The minimum Gasteiger partial charge on any atom is -0.497 e. The number of methoxy groups -OCH3 is 2. The quantitative estimate of drug-likeness (QED) is 0.0605. The van der Waals surface area contributed by atoms with Crippen molar-refractivity contribution >= 4 is 38.3 Å². The highest BCUT2D eigenvalue weighted by molar-refractivity contribution is 9.11. The van der Waals surface area contributed by atoms with Crippen molar-refractivity contribution in [1.29, 1.82) is 0 Å². The maximum Gasteiger partial charge on any atom is 0.192 e. The molecule has 71 heavy (non-hydrogen) atoms. The fourth-order valence-electron chi connectivity index (χ4n) is 8.98. The van der Waals surface area contributed by atoms with Gasteiger partial charge in [0.25, 0.3) is 0 Å². The third-order valence-corrected chi connectivity index (χ3v) is 24.9. The summed E-state index contributed by atoms with van der Waals surface area (Å²) < 4.78 is 58.9. The van der Waals surface area contributed by atoms with E-state index in [-0.39, 0.29) is 58.4 Å². The molecular formula is C58H95BrO10Si2. The number of rotatable bonds is 28. The molecule has 0 saturated carbocycles. The van der Waals surface area contributed by atoms with Crippen LogP contribution in [0.15, 0.2) is 71.2 Å². The Balaban J connectivity index is 1.49. The zero-order valence-electron chi connectivity index (χ0n) is 47.0. The SMILES string of the molecule is C=C(Br)[C@H](C[C@H](OCc1ccc(OC)cc1)[C@H](C)/C=C(\C)C[C@H]1OC(C)(C)O[C@H](CC[C@H](C[C@@H]2CC[C@@H]([C@H](CCCC)OCc3ccc(OC)cc3)O2)O[Si](C)(C)C(C)(C)C)C1=O)O[Si](C)(C)C(C)(C)C. The maximum absolute atomic E-state index is 14.5. The molecule has 402 valence electrons. The van der Waals surface area contributed by atoms with Crippen LogP contribution in [0.25, 0.3) is 0 Å². The first-order valence-electron chi connectivity index (χ1n) is 26.5. The molecule has 10 nitrogen and oxygen atoms in total. The topological polar surface area (TPSA) is 100 Å². The van der Waals surface area contributed by atoms with Crippen molar-refractivity contribution < 1.29 is 46.8 Å². The van der Waals surface area contributed by atoms with Gasteiger partial charge in [-0.15, -0.1) is 0 Å². The predicted molar refractivity (Wildman–Crippen MR) is 298 cm³/mol. The smallest absolute Gasteiger partial charge is 0.192 e. The van der Waals surface area contributed by atoms with Crippen LogP contribution in [0, 0.1) is 5.92 Å². The molecule has 0 amide bonds. The van der Waals surface area contributed by atoms with Crippen LogP contribution in [-0.4, -0.2) is 91.3 Å². The molecule has 0 bridgehead atoms. The lowest BCUT2D eigenvalue weighted by atomic mass is 9.92. The van der Waals surface area contributed by atoms with Gasteiger partial charge in [-0.25, -0.2) is 0 Å². The van der Waals surface area contributed by atoms with Crippen LogP contribution >= 0.6 is 15.9 Å². The van der Waals surface area contributed by atoms with E-state index in [4.69, 9.17) is 42.0 Å². The first kappa shape index (κ1) is 61.4. The Morgan fingerprint density at radius 2 is 1.37 bits per heavy atom. The monoisotopic (exact) mass is 1090 g/mol. The second-order valence-corrected chi connectivity index (χ2v) is 34.4. The van der Waals surface area contributed by atoms with Gasteiger partial charge in [-0.3, -0.25) is 4.79 Å². The molecule has 2 fully saturated rings. The summed E-state index contributed by atoms with van der Waals surface area (Å²) >= 11 is 3.72. The third-order valence-electron chi connectivity index (χ3n) is 15.4. The first-order chi connectivity index (χ1) is 33.1. The fourth-order valence-corrected chi connectivity index (χ4v) is 12.1. The lowest BCUT2D eigenvalue weighted by molar-refractivity contribution is -0.280. The standard InChI is InChI=1S/C58H95BrO10Si2/c1-19-20-21-49(63-38-43-22-26-45(61-13)27-23-43)50-32-30-47(65-50)36-48(68-70(15,16)56(5,6)7)31-33-51-55(60)54(67-58(11,12)66-51)35-40(2)34-41(3)52(64-39-44-24-28-46(62-14)29-25-44)37-53(42(4)59)69-71(17,18)57(8,9)10/h22-29,34,41,47-54H,4,19-21,30-33,35-39H2,1-3,5-18H3/b40-34+/t41-,47+,48-,49+,50+,51-,52+,53+,54-/m1/s1. The van der Waals surface area contributed by atoms with E-state index >= 15 is 0 Å². The number of ketones is 1. The van der Waals surface area contributed by atoms with Crippen molar-refractivity contribution in [3.05, 3.63) is 82.4 Å². The number of unbranched alkanes of at least 4 members (excludes halogenated alkanes) is 1. The molecule has 0 aliphatic carbocycles. The highest BCUT2D eigenvalue weighted by atomic mass is 79.9. The molecular weight excluding hydrogens is 993 g/mol. The number of benzene rings is 2. The van der Waals surface area contributed by atoms with E-state index in [1.807, 2.05) is 50.2 Å². The Morgan fingerprint density at radius 1 is 0.831 bits per heavy atom. The molecule has 9 atom stereocenters. The van der Waals surface area contributed by atoms with Gasteiger partial charge in [-0.2, -0.15) is 0 Å². The molecule has 2 aliphatic rings. The van der Waals surface area contributed by atoms with Crippen molar-refractivity contribution in [2.45, 2.75) is 244 Å². The number of halogens is 1. The van der Waals surface area contributed by atoms with Gasteiger partial charge in [-0.1, -0.05) is 127 Å². The first-order valence-corrected chi connectivity index (χ1v) is 33.1. The number of hydrogen-bond acceptors (Lipinski definition) is 10. The predicted octanol–water partition coefficient (Wildman–Crippen LogP) is 15.2. The number of Topliss-reactive ketones (excluding diaryl/α,β-unsaturated/α-hetero) is 1. The highest BCUT2D eigenvalue weighted by Crippen LogP contribution is 2.42. The van der Waals surface area contributed by atoms with Gasteiger partial charge in [0.05, 0.1) is 58.0 Å². The van der Waals surface area contributed by atoms with Crippen LogP contribution in [0.1, 0.15) is 151 Å². The molecule has 0 spiro atoms. The van der Waals surface area contributed by atoms with Crippen molar-refractivity contribution in [2.24, 2.45) is 5.92 Å². The third kappa shape index (κ3) is 19.2. The van der Waals surface area contributed by atoms with Crippen LogP contribution in [0.5, 0.6) is 11.5 Å². The van der Waals surface area contributed by atoms with Crippen molar-refractivity contribution in [2.75, 3.05) is 14.2 Å². The van der Waals surface area contributed by atoms with Gasteiger partial charge in [0.1, 0.15) is 23.7 Å². The van der Waals surface area contributed by atoms with Crippen LogP contribution in [-0.2, 0) is 50.5 Å². The van der Waals surface area contributed by atoms with E-state index in [2.05, 4.69) is 129 Å². The molecule has 2 aliphatic heterocycles. The maximum atomic E-state index is 14.5. The van der Waals surface area contributed by atoms with E-state index < -0.39 is 34.6 Å². The lowest BCUT2D eigenvalue weighted by Gasteiger charge is -2.42. The highest BCUT2D eigenvalue weighted by Gasteiger charge is 2.45. The van der Waals surface area contributed by atoms with Crippen molar-refractivity contribution in [3.63, 3.8) is 0 Å². The Hall–Kier alpha value is -2.18. The molecule has 4 rings (SSSR count). The zero-order chi connectivity index (χ0) is 53.0.